The summed E-state index contributed by atoms with van der Waals surface area (Å²) in [6.07, 6.45) is 7.24. The Kier molecular flexibility index (Phi) is 6.06. The van der Waals surface area contributed by atoms with E-state index in [0.717, 1.165) is 50.7 Å². The van der Waals surface area contributed by atoms with Crippen LogP contribution in [0.3, 0.4) is 0 Å². The van der Waals surface area contributed by atoms with Gasteiger partial charge in [-0.05, 0) is 37.7 Å². The first-order valence-electron chi connectivity index (χ1n) is 11.7. The fourth-order valence-electron chi connectivity index (χ4n) is 4.56. The number of thiophene rings is 1. The highest BCUT2D eigenvalue weighted by molar-refractivity contribution is 7.19. The maximum absolute atomic E-state index is 12.7. The number of aromatic nitrogens is 2. The first-order valence-corrected chi connectivity index (χ1v) is 12.5. The Labute approximate surface area is 184 Å². The van der Waals surface area contributed by atoms with E-state index < -0.39 is 0 Å². The van der Waals surface area contributed by atoms with Crippen molar-refractivity contribution >= 4 is 33.3 Å². The second-order valence-electron chi connectivity index (χ2n) is 9.99. The normalized spacial score (nSPS) is 19.0. The number of aryl methyl sites for hydroxylation is 2. The molecule has 2 aliphatic rings. The minimum atomic E-state index is -0.321. The van der Waals surface area contributed by atoms with Gasteiger partial charge in [-0.3, -0.25) is 4.79 Å². The zero-order valence-electron chi connectivity index (χ0n) is 19.3. The van der Waals surface area contributed by atoms with Crippen LogP contribution in [0.2, 0.25) is 0 Å². The Morgan fingerprint density at radius 2 is 1.77 bits per heavy atom. The van der Waals surface area contributed by atoms with Crippen molar-refractivity contribution < 1.29 is 4.79 Å². The van der Waals surface area contributed by atoms with Crippen molar-refractivity contribution in [1.82, 2.24) is 14.9 Å². The fourth-order valence-corrected chi connectivity index (χ4v) is 5.82. The molecule has 1 fully saturated rings. The molecule has 30 heavy (non-hydrogen) atoms. The van der Waals surface area contributed by atoms with Gasteiger partial charge in [-0.15, -0.1) is 11.3 Å². The number of hydrogen-bond donors (Lipinski definition) is 0. The number of piperazine rings is 1. The monoisotopic (exact) mass is 428 g/mol. The third-order valence-corrected chi connectivity index (χ3v) is 7.81. The van der Waals surface area contributed by atoms with E-state index in [2.05, 4.69) is 18.7 Å². The summed E-state index contributed by atoms with van der Waals surface area (Å²) in [4.78, 5) is 30.0. The number of carbonyl (C=O) groups excluding carboxylic acids is 1. The Balaban J connectivity index is 1.70. The van der Waals surface area contributed by atoms with E-state index in [1.54, 1.807) is 0 Å². The fraction of sp³-hybridized carbons (Fsp3) is 0.708. The van der Waals surface area contributed by atoms with Crippen molar-refractivity contribution in [3.8, 4) is 0 Å². The van der Waals surface area contributed by atoms with Gasteiger partial charge in [-0.25, -0.2) is 9.97 Å². The van der Waals surface area contributed by atoms with Gasteiger partial charge in [-0.2, -0.15) is 0 Å². The molecular weight excluding hydrogens is 392 g/mol. The predicted octanol–water partition coefficient (Wildman–Crippen LogP) is 5.17. The zero-order chi connectivity index (χ0) is 21.5. The van der Waals surface area contributed by atoms with Gasteiger partial charge in [0.1, 0.15) is 16.5 Å². The molecule has 1 aliphatic heterocycles. The maximum Gasteiger partial charge on any atom is 0.228 e. The number of fused-ring (bicyclic) bond motifs is 3. The minimum Gasteiger partial charge on any atom is -0.352 e. The quantitative estimate of drug-likeness (QED) is 0.633. The van der Waals surface area contributed by atoms with Crippen LogP contribution in [-0.2, 0) is 17.6 Å². The highest BCUT2D eigenvalue weighted by atomic mass is 32.1. The highest BCUT2D eigenvalue weighted by Crippen LogP contribution is 2.40. The second-order valence-corrected chi connectivity index (χ2v) is 11.1. The molecule has 1 saturated heterocycles. The molecular formula is C24H36N4OS. The van der Waals surface area contributed by atoms with Crippen LogP contribution in [0.15, 0.2) is 0 Å². The molecule has 164 valence electrons. The van der Waals surface area contributed by atoms with Crippen molar-refractivity contribution in [2.24, 2.45) is 5.41 Å². The summed E-state index contributed by atoms with van der Waals surface area (Å²) in [5, 5.41) is 1.31. The third-order valence-electron chi connectivity index (χ3n) is 6.62. The minimum absolute atomic E-state index is 0.250. The first-order chi connectivity index (χ1) is 14.3. The summed E-state index contributed by atoms with van der Waals surface area (Å²) in [6, 6.07) is 0. The summed E-state index contributed by atoms with van der Waals surface area (Å²) in [5.41, 5.74) is 1.19. The summed E-state index contributed by atoms with van der Waals surface area (Å²) in [7, 11) is 0. The Morgan fingerprint density at radius 1 is 1.07 bits per heavy atom. The zero-order valence-corrected chi connectivity index (χ0v) is 20.1. The SMILES string of the molecule is CCC(C)c1nc(N2CCN(C(=O)C(C)(C)C)CC2)c2c3c(sc2n1)CCCCC3. The lowest BCUT2D eigenvalue weighted by molar-refractivity contribution is -0.139. The van der Waals surface area contributed by atoms with Gasteiger partial charge in [0, 0.05) is 42.4 Å². The van der Waals surface area contributed by atoms with E-state index in [0.29, 0.717) is 5.92 Å². The van der Waals surface area contributed by atoms with Crippen molar-refractivity contribution in [3.63, 3.8) is 0 Å². The van der Waals surface area contributed by atoms with E-state index in [1.807, 2.05) is 37.0 Å². The number of nitrogens with zero attached hydrogens (tertiary/aromatic N) is 4. The largest absolute Gasteiger partial charge is 0.352 e. The molecule has 0 N–H and O–H groups in total. The lowest BCUT2D eigenvalue weighted by atomic mass is 9.94. The van der Waals surface area contributed by atoms with Crippen molar-refractivity contribution in [2.45, 2.75) is 79.1 Å². The van der Waals surface area contributed by atoms with Gasteiger partial charge in [0.15, 0.2) is 0 Å². The molecule has 6 heteroatoms. The van der Waals surface area contributed by atoms with E-state index >= 15 is 0 Å². The standard InChI is InChI=1S/C24H36N4OS/c1-6-16(2)20-25-21(27-12-14-28(15-13-27)23(29)24(3,4)5)19-17-10-8-7-9-11-18(17)30-22(19)26-20/h16H,6-15H2,1-5H3. The highest BCUT2D eigenvalue weighted by Gasteiger charge is 2.31. The van der Waals surface area contributed by atoms with Gasteiger partial charge in [0.2, 0.25) is 5.91 Å². The maximum atomic E-state index is 12.7. The van der Waals surface area contributed by atoms with Gasteiger partial charge in [0.05, 0.1) is 5.39 Å². The number of hydrogen-bond acceptors (Lipinski definition) is 5. The van der Waals surface area contributed by atoms with Crippen LogP contribution in [0, 0.1) is 5.41 Å². The van der Waals surface area contributed by atoms with Crippen molar-refractivity contribution in [3.05, 3.63) is 16.3 Å². The van der Waals surface area contributed by atoms with E-state index in [-0.39, 0.29) is 11.3 Å². The summed E-state index contributed by atoms with van der Waals surface area (Å²) in [5.74, 6) is 2.71. The van der Waals surface area contributed by atoms with Gasteiger partial charge in [-0.1, -0.05) is 41.0 Å². The summed E-state index contributed by atoms with van der Waals surface area (Å²) < 4.78 is 0. The second kappa shape index (κ2) is 8.45. The van der Waals surface area contributed by atoms with E-state index in [4.69, 9.17) is 9.97 Å². The molecule has 0 bridgehead atoms. The molecule has 3 heterocycles. The van der Waals surface area contributed by atoms with Crippen molar-refractivity contribution in [1.29, 1.82) is 0 Å². The van der Waals surface area contributed by atoms with Crippen LogP contribution in [0.4, 0.5) is 5.82 Å². The van der Waals surface area contributed by atoms with Gasteiger partial charge >= 0.3 is 0 Å². The Morgan fingerprint density at radius 3 is 2.43 bits per heavy atom. The molecule has 1 aliphatic carbocycles. The van der Waals surface area contributed by atoms with Crippen LogP contribution >= 0.6 is 11.3 Å². The number of rotatable bonds is 3. The molecule has 1 unspecified atom stereocenters. The lowest BCUT2D eigenvalue weighted by Gasteiger charge is -2.38. The van der Waals surface area contributed by atoms with Crippen LogP contribution in [0.1, 0.15) is 82.5 Å². The molecule has 0 saturated carbocycles. The predicted molar refractivity (Wildman–Crippen MR) is 126 cm³/mol. The molecule has 0 spiro atoms. The molecule has 2 aromatic heterocycles. The molecule has 5 nitrogen and oxygen atoms in total. The van der Waals surface area contributed by atoms with Gasteiger partial charge < -0.3 is 9.80 Å². The molecule has 4 rings (SSSR count). The molecule has 0 radical (unpaired) electrons. The topological polar surface area (TPSA) is 49.3 Å². The van der Waals surface area contributed by atoms with E-state index in [1.165, 1.54) is 46.3 Å². The van der Waals surface area contributed by atoms with Crippen LogP contribution in [-0.4, -0.2) is 47.0 Å². The smallest absolute Gasteiger partial charge is 0.228 e. The lowest BCUT2D eigenvalue weighted by Crippen LogP contribution is -2.52. The number of carbonyl (C=O) groups is 1. The number of amides is 1. The van der Waals surface area contributed by atoms with Gasteiger partial charge in [0.25, 0.3) is 0 Å². The molecule has 1 amide bonds. The molecule has 1 atom stereocenters. The summed E-state index contributed by atoms with van der Waals surface area (Å²) in [6.45, 7) is 13.7. The van der Waals surface area contributed by atoms with E-state index in [9.17, 15) is 4.79 Å². The molecule has 0 aromatic carbocycles. The summed E-state index contributed by atoms with van der Waals surface area (Å²) >= 11 is 1.90. The first kappa shape index (κ1) is 21.5. The van der Waals surface area contributed by atoms with Crippen LogP contribution in [0.5, 0.6) is 0 Å². The van der Waals surface area contributed by atoms with Crippen molar-refractivity contribution in [2.75, 3.05) is 31.1 Å². The number of anilines is 1. The average Bonchev–Trinajstić information content (AvgIpc) is 2.92. The third kappa shape index (κ3) is 4.08. The van der Waals surface area contributed by atoms with Crippen LogP contribution in [0.25, 0.3) is 10.2 Å². The Bertz CT molecular complexity index is 921. The Hall–Kier alpha value is -1.69. The average molecular weight is 429 g/mol. The molecule has 2 aromatic rings. The van der Waals surface area contributed by atoms with Crippen LogP contribution < -0.4 is 4.90 Å².